The molecule has 0 spiro atoms. The number of nitrogens with zero attached hydrogens (tertiary/aromatic N) is 1. The third-order valence-electron chi connectivity index (χ3n) is 2.63. The molecule has 0 aromatic heterocycles. The Morgan fingerprint density at radius 2 is 2.12 bits per heavy atom. The average molecular weight is 248 g/mol. The molecule has 0 aliphatic heterocycles. The van der Waals surface area contributed by atoms with Crippen LogP contribution in [0, 0.1) is 25.2 Å². The van der Waals surface area contributed by atoms with Gasteiger partial charge in [0.25, 0.3) is 0 Å². The Hall–Kier alpha value is -0.980. The van der Waals surface area contributed by atoms with Gasteiger partial charge in [-0.25, -0.2) is 0 Å². The zero-order valence-electron chi connectivity index (χ0n) is 10.9. The fourth-order valence-electron chi connectivity index (χ4n) is 1.83. The lowest BCUT2D eigenvalue weighted by Crippen LogP contribution is -2.36. The second-order valence-corrected chi connectivity index (χ2v) is 6.41. The van der Waals surface area contributed by atoms with Crippen LogP contribution in [0.4, 0.5) is 0 Å². The van der Waals surface area contributed by atoms with E-state index in [0.717, 1.165) is 0 Å². The second-order valence-electron chi connectivity index (χ2n) is 4.93. The summed E-state index contributed by atoms with van der Waals surface area (Å²) in [4.78, 5) is 1.27. The molecule has 0 fully saturated rings. The molecule has 0 heterocycles. The third-order valence-corrected chi connectivity index (χ3v) is 3.91. The first kappa shape index (κ1) is 14.1. The molecule has 2 atom stereocenters. The highest BCUT2D eigenvalue weighted by Gasteiger charge is 2.21. The van der Waals surface area contributed by atoms with Crippen molar-refractivity contribution >= 4 is 11.8 Å². The van der Waals surface area contributed by atoms with E-state index in [1.807, 2.05) is 0 Å². The number of benzene rings is 1. The first-order chi connectivity index (χ1) is 7.84. The summed E-state index contributed by atoms with van der Waals surface area (Å²) in [5.41, 5.74) is 7.69. The molecular weight excluding hydrogens is 228 g/mol. The molecule has 17 heavy (non-hydrogen) atoms. The highest BCUT2D eigenvalue weighted by Crippen LogP contribution is 2.30. The van der Waals surface area contributed by atoms with Crippen LogP contribution in [0.5, 0.6) is 0 Å². The number of rotatable bonds is 4. The molecule has 2 unspecified atom stereocenters. The van der Waals surface area contributed by atoms with Gasteiger partial charge in [0.15, 0.2) is 0 Å². The van der Waals surface area contributed by atoms with Crippen molar-refractivity contribution in [3.8, 4) is 6.07 Å². The molecular formula is C14H20N2S. The van der Waals surface area contributed by atoms with Crippen LogP contribution in [0.2, 0.25) is 0 Å². The molecule has 0 amide bonds. The number of hydrogen-bond donors (Lipinski definition) is 1. The summed E-state index contributed by atoms with van der Waals surface area (Å²) in [7, 11) is 0. The standard InChI is InChI=1S/C14H20N2S/c1-10-5-6-13(11(2)7-10)17-12(3)8-14(4,16)9-15/h5-7,12H,8,16H2,1-4H3. The molecule has 0 bridgehead atoms. The minimum Gasteiger partial charge on any atom is -0.314 e. The summed E-state index contributed by atoms with van der Waals surface area (Å²) in [6.45, 7) is 8.12. The van der Waals surface area contributed by atoms with E-state index in [9.17, 15) is 0 Å². The Labute approximate surface area is 108 Å². The van der Waals surface area contributed by atoms with Crippen LogP contribution in [-0.2, 0) is 0 Å². The topological polar surface area (TPSA) is 49.8 Å². The van der Waals surface area contributed by atoms with E-state index in [1.54, 1.807) is 18.7 Å². The Bertz CT molecular complexity index is 432. The normalized spacial score (nSPS) is 16.0. The van der Waals surface area contributed by atoms with Crippen molar-refractivity contribution in [2.75, 3.05) is 0 Å². The van der Waals surface area contributed by atoms with E-state index in [0.29, 0.717) is 11.7 Å². The van der Waals surface area contributed by atoms with Gasteiger partial charge < -0.3 is 5.73 Å². The highest BCUT2D eigenvalue weighted by molar-refractivity contribution is 8.00. The van der Waals surface area contributed by atoms with Gasteiger partial charge in [-0.05, 0) is 38.8 Å². The fraction of sp³-hybridized carbons (Fsp3) is 0.500. The van der Waals surface area contributed by atoms with Gasteiger partial charge in [-0.2, -0.15) is 5.26 Å². The number of nitrogens with two attached hydrogens (primary N) is 1. The van der Waals surface area contributed by atoms with Gasteiger partial charge in [-0.3, -0.25) is 0 Å². The summed E-state index contributed by atoms with van der Waals surface area (Å²) >= 11 is 1.79. The van der Waals surface area contributed by atoms with Gasteiger partial charge in [0, 0.05) is 10.1 Å². The van der Waals surface area contributed by atoms with Crippen LogP contribution < -0.4 is 5.73 Å². The van der Waals surface area contributed by atoms with Crippen LogP contribution in [-0.4, -0.2) is 10.8 Å². The summed E-state index contributed by atoms with van der Waals surface area (Å²) in [6.07, 6.45) is 0.696. The van der Waals surface area contributed by atoms with E-state index in [1.165, 1.54) is 16.0 Å². The van der Waals surface area contributed by atoms with Gasteiger partial charge in [0.05, 0.1) is 6.07 Å². The number of nitriles is 1. The zero-order chi connectivity index (χ0) is 13.1. The molecule has 1 aromatic carbocycles. The van der Waals surface area contributed by atoms with Crippen molar-refractivity contribution in [2.24, 2.45) is 5.73 Å². The van der Waals surface area contributed by atoms with Crippen molar-refractivity contribution in [1.29, 1.82) is 5.26 Å². The minimum atomic E-state index is -0.731. The Morgan fingerprint density at radius 1 is 1.47 bits per heavy atom. The Kier molecular flexibility index (Phi) is 4.62. The zero-order valence-corrected chi connectivity index (χ0v) is 11.8. The molecule has 0 saturated carbocycles. The van der Waals surface area contributed by atoms with Crippen LogP contribution in [0.1, 0.15) is 31.4 Å². The smallest absolute Gasteiger partial charge is 0.102 e. The summed E-state index contributed by atoms with van der Waals surface area (Å²) in [5, 5.41) is 9.25. The average Bonchev–Trinajstić information content (AvgIpc) is 2.21. The van der Waals surface area contributed by atoms with E-state index in [2.05, 4.69) is 45.0 Å². The summed E-state index contributed by atoms with van der Waals surface area (Å²) in [5.74, 6) is 0. The van der Waals surface area contributed by atoms with Crippen molar-refractivity contribution in [2.45, 2.75) is 49.8 Å². The maximum absolute atomic E-state index is 8.92. The fourth-order valence-corrected chi connectivity index (χ4v) is 3.09. The van der Waals surface area contributed by atoms with Crippen LogP contribution in [0.3, 0.4) is 0 Å². The maximum Gasteiger partial charge on any atom is 0.102 e. The summed E-state index contributed by atoms with van der Waals surface area (Å²) in [6, 6.07) is 8.59. The van der Waals surface area contributed by atoms with Gasteiger partial charge >= 0.3 is 0 Å². The molecule has 1 rings (SSSR count). The van der Waals surface area contributed by atoms with Gasteiger partial charge in [-0.15, -0.1) is 11.8 Å². The molecule has 2 nitrogen and oxygen atoms in total. The predicted octanol–water partition coefficient (Wildman–Crippen LogP) is 3.42. The van der Waals surface area contributed by atoms with Crippen molar-refractivity contribution in [3.05, 3.63) is 29.3 Å². The minimum absolute atomic E-state index is 0.339. The number of hydrogen-bond acceptors (Lipinski definition) is 3. The van der Waals surface area contributed by atoms with Crippen molar-refractivity contribution < 1.29 is 0 Å². The molecule has 0 saturated heterocycles. The van der Waals surface area contributed by atoms with Crippen molar-refractivity contribution in [1.82, 2.24) is 0 Å². The highest BCUT2D eigenvalue weighted by atomic mass is 32.2. The second kappa shape index (κ2) is 5.57. The number of thioether (sulfide) groups is 1. The van der Waals surface area contributed by atoms with Crippen LogP contribution >= 0.6 is 11.8 Å². The van der Waals surface area contributed by atoms with Crippen LogP contribution in [0.25, 0.3) is 0 Å². The van der Waals surface area contributed by atoms with E-state index in [-0.39, 0.29) is 0 Å². The van der Waals surface area contributed by atoms with Gasteiger partial charge in [0.2, 0.25) is 0 Å². The molecule has 3 heteroatoms. The first-order valence-corrected chi connectivity index (χ1v) is 6.66. The maximum atomic E-state index is 8.92. The molecule has 1 aromatic rings. The quantitative estimate of drug-likeness (QED) is 0.831. The predicted molar refractivity (Wildman–Crippen MR) is 74.1 cm³/mol. The van der Waals surface area contributed by atoms with Gasteiger partial charge in [0.1, 0.15) is 5.54 Å². The largest absolute Gasteiger partial charge is 0.314 e. The third kappa shape index (κ3) is 4.41. The van der Waals surface area contributed by atoms with Crippen molar-refractivity contribution in [3.63, 3.8) is 0 Å². The molecule has 0 aliphatic carbocycles. The first-order valence-electron chi connectivity index (χ1n) is 5.78. The molecule has 0 aliphatic rings. The number of aryl methyl sites for hydroxylation is 2. The molecule has 0 radical (unpaired) electrons. The molecule has 92 valence electrons. The SMILES string of the molecule is Cc1ccc(SC(C)CC(C)(N)C#N)c(C)c1. The lowest BCUT2D eigenvalue weighted by molar-refractivity contribution is 0.545. The van der Waals surface area contributed by atoms with E-state index < -0.39 is 5.54 Å². The van der Waals surface area contributed by atoms with Crippen LogP contribution in [0.15, 0.2) is 23.1 Å². The van der Waals surface area contributed by atoms with E-state index >= 15 is 0 Å². The Balaban J connectivity index is 2.69. The lowest BCUT2D eigenvalue weighted by atomic mass is 10.00. The lowest BCUT2D eigenvalue weighted by Gasteiger charge is -2.20. The summed E-state index contributed by atoms with van der Waals surface area (Å²) < 4.78 is 0. The van der Waals surface area contributed by atoms with E-state index in [4.69, 9.17) is 11.0 Å². The monoisotopic (exact) mass is 248 g/mol. The van der Waals surface area contributed by atoms with Gasteiger partial charge in [-0.1, -0.05) is 24.6 Å². The Morgan fingerprint density at radius 3 is 2.65 bits per heavy atom. The molecule has 2 N–H and O–H groups in total.